The molecule has 0 amide bonds. The third kappa shape index (κ3) is 4.79. The Hall–Kier alpha value is -1.44. The molecule has 0 saturated carbocycles. The standard InChI is InChI=1S/C15H23NO5S/c1-14(2,19)9-10-16-22(20,21)12-7-5-11(6-8-12)15(3,4)13(17)18/h5-8,16,19H,9-10H2,1-4H3,(H,17,18). The van der Waals surface area contributed by atoms with Gasteiger partial charge in [0, 0.05) is 6.54 Å². The topological polar surface area (TPSA) is 104 Å². The van der Waals surface area contributed by atoms with Crippen molar-refractivity contribution in [2.45, 2.75) is 50.0 Å². The molecule has 22 heavy (non-hydrogen) atoms. The quantitative estimate of drug-likeness (QED) is 0.703. The fraction of sp³-hybridized carbons (Fsp3) is 0.533. The summed E-state index contributed by atoms with van der Waals surface area (Å²) in [5, 5.41) is 18.7. The summed E-state index contributed by atoms with van der Waals surface area (Å²) in [6.45, 7) is 6.43. The average Bonchev–Trinajstić information content (AvgIpc) is 2.36. The van der Waals surface area contributed by atoms with Crippen LogP contribution in [-0.2, 0) is 20.2 Å². The Morgan fingerprint density at radius 3 is 2.05 bits per heavy atom. The molecular weight excluding hydrogens is 306 g/mol. The van der Waals surface area contributed by atoms with Crippen molar-refractivity contribution in [1.82, 2.24) is 4.72 Å². The minimum atomic E-state index is -3.67. The zero-order valence-electron chi connectivity index (χ0n) is 13.3. The van der Waals surface area contributed by atoms with Crippen LogP contribution in [0.3, 0.4) is 0 Å². The highest BCUT2D eigenvalue weighted by Crippen LogP contribution is 2.24. The molecule has 3 N–H and O–H groups in total. The molecule has 0 atom stereocenters. The van der Waals surface area contributed by atoms with E-state index >= 15 is 0 Å². The van der Waals surface area contributed by atoms with Gasteiger partial charge in [-0.05, 0) is 51.8 Å². The number of rotatable bonds is 7. The lowest BCUT2D eigenvalue weighted by atomic mass is 9.85. The first-order valence-corrected chi connectivity index (χ1v) is 8.40. The van der Waals surface area contributed by atoms with Gasteiger partial charge in [0.05, 0.1) is 15.9 Å². The number of nitrogens with one attached hydrogen (secondary N) is 1. The molecule has 0 aromatic heterocycles. The van der Waals surface area contributed by atoms with Gasteiger partial charge in [-0.25, -0.2) is 13.1 Å². The van der Waals surface area contributed by atoms with Gasteiger partial charge in [0.25, 0.3) is 0 Å². The third-order valence-corrected chi connectivity index (χ3v) is 4.93. The molecule has 0 aliphatic heterocycles. The van der Waals surface area contributed by atoms with Crippen LogP contribution >= 0.6 is 0 Å². The van der Waals surface area contributed by atoms with Gasteiger partial charge < -0.3 is 10.2 Å². The van der Waals surface area contributed by atoms with Crippen molar-refractivity contribution in [3.05, 3.63) is 29.8 Å². The van der Waals surface area contributed by atoms with Gasteiger partial charge in [0.1, 0.15) is 0 Å². The van der Waals surface area contributed by atoms with E-state index in [4.69, 9.17) is 5.11 Å². The van der Waals surface area contributed by atoms with Gasteiger partial charge in [-0.1, -0.05) is 12.1 Å². The molecule has 0 spiro atoms. The minimum absolute atomic E-state index is 0.0631. The van der Waals surface area contributed by atoms with Gasteiger partial charge in [0.15, 0.2) is 0 Å². The van der Waals surface area contributed by atoms with E-state index in [2.05, 4.69) is 4.72 Å². The molecule has 0 unspecified atom stereocenters. The Labute approximate surface area is 131 Å². The van der Waals surface area contributed by atoms with Crippen molar-refractivity contribution >= 4 is 16.0 Å². The molecule has 0 bridgehead atoms. The monoisotopic (exact) mass is 329 g/mol. The molecule has 0 saturated heterocycles. The fourth-order valence-corrected chi connectivity index (χ4v) is 2.78. The first-order valence-electron chi connectivity index (χ1n) is 6.92. The second-order valence-electron chi connectivity index (χ2n) is 6.41. The lowest BCUT2D eigenvalue weighted by Gasteiger charge is -2.20. The second kappa shape index (κ2) is 6.36. The van der Waals surface area contributed by atoms with Gasteiger partial charge in [-0.2, -0.15) is 0 Å². The molecule has 0 heterocycles. The number of carboxylic acids is 1. The largest absolute Gasteiger partial charge is 0.481 e. The smallest absolute Gasteiger partial charge is 0.313 e. The summed E-state index contributed by atoms with van der Waals surface area (Å²) >= 11 is 0. The Balaban J connectivity index is 2.88. The first-order chi connectivity index (χ1) is 9.86. The summed E-state index contributed by atoms with van der Waals surface area (Å²) < 4.78 is 26.6. The molecule has 1 aromatic carbocycles. The Bertz CT molecular complexity index is 627. The molecule has 7 heteroatoms. The number of aliphatic hydroxyl groups is 1. The number of benzene rings is 1. The zero-order valence-corrected chi connectivity index (χ0v) is 14.1. The molecular formula is C15H23NO5S. The maximum atomic E-state index is 12.1. The van der Waals surface area contributed by atoms with Crippen molar-refractivity contribution in [2.24, 2.45) is 0 Å². The maximum absolute atomic E-state index is 12.1. The highest BCUT2D eigenvalue weighted by Gasteiger charge is 2.29. The maximum Gasteiger partial charge on any atom is 0.313 e. The summed E-state index contributed by atoms with van der Waals surface area (Å²) in [5.41, 5.74) is -1.51. The van der Waals surface area contributed by atoms with Crippen LogP contribution in [0.1, 0.15) is 39.7 Å². The highest BCUT2D eigenvalue weighted by atomic mass is 32.2. The predicted molar refractivity (Wildman–Crippen MR) is 83.2 cm³/mol. The van der Waals surface area contributed by atoms with Crippen LogP contribution < -0.4 is 4.72 Å². The fourth-order valence-electron chi connectivity index (χ4n) is 1.75. The van der Waals surface area contributed by atoms with Crippen molar-refractivity contribution in [1.29, 1.82) is 0 Å². The van der Waals surface area contributed by atoms with Crippen LogP contribution in [-0.4, -0.2) is 36.7 Å². The molecule has 124 valence electrons. The van der Waals surface area contributed by atoms with E-state index in [1.165, 1.54) is 24.3 Å². The van der Waals surface area contributed by atoms with Crippen molar-refractivity contribution in [2.75, 3.05) is 6.54 Å². The summed E-state index contributed by atoms with van der Waals surface area (Å²) in [4.78, 5) is 11.2. The van der Waals surface area contributed by atoms with E-state index in [1.807, 2.05) is 0 Å². The Morgan fingerprint density at radius 2 is 1.64 bits per heavy atom. The average molecular weight is 329 g/mol. The van der Waals surface area contributed by atoms with Gasteiger partial charge in [-0.3, -0.25) is 4.79 Å². The van der Waals surface area contributed by atoms with Crippen molar-refractivity contribution in [3.63, 3.8) is 0 Å². The van der Waals surface area contributed by atoms with E-state index < -0.39 is 27.0 Å². The van der Waals surface area contributed by atoms with Crippen LogP contribution in [0, 0.1) is 0 Å². The van der Waals surface area contributed by atoms with Crippen LogP contribution in [0.5, 0.6) is 0 Å². The first kappa shape index (κ1) is 18.6. The van der Waals surface area contributed by atoms with E-state index in [1.54, 1.807) is 27.7 Å². The molecule has 1 aromatic rings. The number of hydrogen-bond acceptors (Lipinski definition) is 4. The zero-order chi connectivity index (χ0) is 17.2. The molecule has 0 radical (unpaired) electrons. The number of sulfonamides is 1. The van der Waals surface area contributed by atoms with Crippen LogP contribution in [0.4, 0.5) is 0 Å². The van der Waals surface area contributed by atoms with Crippen LogP contribution in [0.25, 0.3) is 0 Å². The summed E-state index contributed by atoms with van der Waals surface area (Å²) in [6.07, 6.45) is 0.288. The number of aliphatic carboxylic acids is 1. The van der Waals surface area contributed by atoms with Crippen molar-refractivity contribution < 1.29 is 23.4 Å². The van der Waals surface area contributed by atoms with E-state index in [-0.39, 0.29) is 17.9 Å². The molecule has 1 rings (SSSR count). The van der Waals surface area contributed by atoms with Gasteiger partial charge in [0.2, 0.25) is 10.0 Å². The molecule has 0 aliphatic carbocycles. The van der Waals surface area contributed by atoms with Crippen molar-refractivity contribution in [3.8, 4) is 0 Å². The lowest BCUT2D eigenvalue weighted by Crippen LogP contribution is -2.31. The van der Waals surface area contributed by atoms with E-state index in [0.29, 0.717) is 5.56 Å². The minimum Gasteiger partial charge on any atom is -0.481 e. The molecule has 0 fully saturated rings. The summed E-state index contributed by atoms with van der Waals surface area (Å²) in [7, 11) is -3.67. The molecule has 0 aliphatic rings. The van der Waals surface area contributed by atoms with Crippen LogP contribution in [0.15, 0.2) is 29.2 Å². The van der Waals surface area contributed by atoms with Crippen LogP contribution in [0.2, 0.25) is 0 Å². The molecule has 6 nitrogen and oxygen atoms in total. The number of carboxylic acid groups (broad SMARTS) is 1. The summed E-state index contributed by atoms with van der Waals surface area (Å²) in [5.74, 6) is -0.980. The summed E-state index contributed by atoms with van der Waals surface area (Å²) in [6, 6.07) is 5.76. The Morgan fingerprint density at radius 1 is 1.14 bits per heavy atom. The van der Waals surface area contributed by atoms with Gasteiger partial charge >= 0.3 is 5.97 Å². The highest BCUT2D eigenvalue weighted by molar-refractivity contribution is 7.89. The third-order valence-electron chi connectivity index (χ3n) is 3.45. The van der Waals surface area contributed by atoms with Gasteiger partial charge in [-0.15, -0.1) is 0 Å². The SMILES string of the molecule is CC(C)(O)CCNS(=O)(=O)c1ccc(C(C)(C)C(=O)O)cc1. The van der Waals surface area contributed by atoms with E-state index in [0.717, 1.165) is 0 Å². The Kier molecular flexibility index (Phi) is 5.38. The number of carbonyl (C=O) groups is 1. The number of hydrogen-bond donors (Lipinski definition) is 3. The van der Waals surface area contributed by atoms with E-state index in [9.17, 15) is 18.3 Å². The predicted octanol–water partition coefficient (Wildman–Crippen LogP) is 1.49. The second-order valence-corrected chi connectivity index (χ2v) is 8.18. The normalized spacial score (nSPS) is 13.1. The lowest BCUT2D eigenvalue weighted by molar-refractivity contribution is -0.142.